The fourth-order valence-corrected chi connectivity index (χ4v) is 2.77. The van der Waals surface area contributed by atoms with Crippen molar-refractivity contribution >= 4 is 21.6 Å². The number of nitrogens with one attached hydrogen (secondary N) is 2. The fraction of sp³-hybridized carbons (Fsp3) is 0.231. The van der Waals surface area contributed by atoms with Crippen molar-refractivity contribution in [2.24, 2.45) is 7.05 Å². The van der Waals surface area contributed by atoms with Crippen molar-refractivity contribution in [1.82, 2.24) is 14.5 Å². The van der Waals surface area contributed by atoms with Crippen LogP contribution in [0.4, 0.5) is 5.69 Å². The molecule has 1 amide bonds. The Hall–Kier alpha value is -2.19. The zero-order chi connectivity index (χ0) is 15.5. The quantitative estimate of drug-likeness (QED) is 0.860. The summed E-state index contributed by atoms with van der Waals surface area (Å²) >= 11 is 0. The smallest absolute Gasteiger partial charge is 0.258 e. The molecule has 0 fully saturated rings. The number of benzene rings is 1. The summed E-state index contributed by atoms with van der Waals surface area (Å²) in [7, 11) is -1.76. The van der Waals surface area contributed by atoms with E-state index >= 15 is 0 Å². The monoisotopic (exact) mass is 308 g/mol. The number of carbonyl (C=O) groups is 1. The van der Waals surface area contributed by atoms with E-state index in [4.69, 9.17) is 0 Å². The van der Waals surface area contributed by atoms with Gasteiger partial charge >= 0.3 is 0 Å². The lowest BCUT2D eigenvalue weighted by Crippen LogP contribution is -2.23. The first-order valence-corrected chi connectivity index (χ1v) is 7.80. The minimum atomic E-state index is -3.48. The van der Waals surface area contributed by atoms with Gasteiger partial charge in [0, 0.05) is 25.5 Å². The van der Waals surface area contributed by atoms with Crippen LogP contribution >= 0.6 is 0 Å². The van der Waals surface area contributed by atoms with Crippen molar-refractivity contribution in [2.75, 3.05) is 11.9 Å². The van der Waals surface area contributed by atoms with Crippen LogP contribution < -0.4 is 10.0 Å². The van der Waals surface area contributed by atoms with Gasteiger partial charge in [-0.25, -0.2) is 13.1 Å². The van der Waals surface area contributed by atoms with Crippen LogP contribution in [0, 0.1) is 0 Å². The molecule has 2 aromatic rings. The molecule has 0 saturated carbocycles. The Morgan fingerprint density at radius 2 is 1.95 bits per heavy atom. The number of aromatic nitrogens is 2. The number of aryl methyl sites for hydroxylation is 1. The zero-order valence-electron chi connectivity index (χ0n) is 11.7. The molecule has 21 heavy (non-hydrogen) atoms. The number of sulfonamides is 1. The van der Waals surface area contributed by atoms with Gasteiger partial charge in [-0.2, -0.15) is 5.10 Å². The van der Waals surface area contributed by atoms with E-state index < -0.39 is 10.0 Å². The maximum absolute atomic E-state index is 11.9. The second-order valence-corrected chi connectivity index (χ2v) is 6.15. The Kier molecular flexibility index (Phi) is 4.39. The Balaban J connectivity index is 2.11. The van der Waals surface area contributed by atoms with Crippen LogP contribution in [-0.2, 0) is 17.1 Å². The van der Waals surface area contributed by atoms with Gasteiger partial charge < -0.3 is 5.32 Å². The zero-order valence-corrected chi connectivity index (χ0v) is 12.5. The van der Waals surface area contributed by atoms with Gasteiger partial charge in [-0.05, 0) is 24.3 Å². The van der Waals surface area contributed by atoms with Gasteiger partial charge in [-0.15, -0.1) is 0 Å². The van der Waals surface area contributed by atoms with Crippen LogP contribution in [0.25, 0.3) is 0 Å². The largest absolute Gasteiger partial charge is 0.322 e. The minimum absolute atomic E-state index is 0.156. The van der Waals surface area contributed by atoms with E-state index in [1.807, 2.05) is 0 Å². The third-order valence-corrected chi connectivity index (χ3v) is 4.29. The predicted octanol–water partition coefficient (Wildman–Crippen LogP) is 0.971. The van der Waals surface area contributed by atoms with E-state index in [9.17, 15) is 13.2 Å². The second-order valence-electron chi connectivity index (χ2n) is 4.38. The summed E-state index contributed by atoms with van der Waals surface area (Å²) in [6.07, 6.45) is 3.05. The standard InChI is InChI=1S/C13H16N4O3S/c1-3-15-21(19,20)12-6-4-11(5-7-12)16-13(18)10-8-14-17(2)9-10/h4-9,15H,3H2,1-2H3,(H,16,18). The number of anilines is 1. The maximum atomic E-state index is 11.9. The fourth-order valence-electron chi connectivity index (χ4n) is 1.73. The third kappa shape index (κ3) is 3.67. The molecule has 0 saturated heterocycles. The van der Waals surface area contributed by atoms with Crippen LogP contribution in [-0.4, -0.2) is 30.7 Å². The van der Waals surface area contributed by atoms with Crippen molar-refractivity contribution in [3.05, 3.63) is 42.2 Å². The summed E-state index contributed by atoms with van der Waals surface area (Å²) in [4.78, 5) is 12.1. The van der Waals surface area contributed by atoms with Crippen molar-refractivity contribution in [1.29, 1.82) is 0 Å². The van der Waals surface area contributed by atoms with E-state index in [0.717, 1.165) is 0 Å². The van der Waals surface area contributed by atoms with Gasteiger partial charge in [0.15, 0.2) is 0 Å². The molecule has 0 aliphatic carbocycles. The molecule has 112 valence electrons. The van der Waals surface area contributed by atoms with Gasteiger partial charge in [-0.1, -0.05) is 6.92 Å². The molecule has 0 unspecified atom stereocenters. The number of rotatable bonds is 5. The Morgan fingerprint density at radius 3 is 2.48 bits per heavy atom. The summed E-state index contributed by atoms with van der Waals surface area (Å²) in [6, 6.07) is 5.96. The molecule has 0 radical (unpaired) electrons. The lowest BCUT2D eigenvalue weighted by atomic mass is 10.3. The molecule has 0 bridgehead atoms. The molecule has 1 heterocycles. The highest BCUT2D eigenvalue weighted by molar-refractivity contribution is 7.89. The summed E-state index contributed by atoms with van der Waals surface area (Å²) in [5.74, 6) is -0.301. The summed E-state index contributed by atoms with van der Waals surface area (Å²) in [5, 5.41) is 6.59. The molecular weight excluding hydrogens is 292 g/mol. The molecule has 1 aromatic heterocycles. The molecule has 8 heteroatoms. The number of amides is 1. The van der Waals surface area contributed by atoms with Crippen molar-refractivity contribution in [3.8, 4) is 0 Å². The van der Waals surface area contributed by atoms with E-state index in [2.05, 4.69) is 15.1 Å². The van der Waals surface area contributed by atoms with Gasteiger partial charge in [0.2, 0.25) is 10.0 Å². The number of nitrogens with zero attached hydrogens (tertiary/aromatic N) is 2. The number of hydrogen-bond donors (Lipinski definition) is 2. The lowest BCUT2D eigenvalue weighted by Gasteiger charge is -2.07. The highest BCUT2D eigenvalue weighted by Gasteiger charge is 2.13. The first kappa shape index (κ1) is 15.2. The average molecular weight is 308 g/mol. The van der Waals surface area contributed by atoms with Gasteiger partial charge in [0.05, 0.1) is 16.7 Å². The van der Waals surface area contributed by atoms with E-state index in [-0.39, 0.29) is 10.8 Å². The van der Waals surface area contributed by atoms with Crippen molar-refractivity contribution in [3.63, 3.8) is 0 Å². The lowest BCUT2D eigenvalue weighted by molar-refractivity contribution is 0.102. The van der Waals surface area contributed by atoms with Gasteiger partial charge in [-0.3, -0.25) is 9.48 Å². The van der Waals surface area contributed by atoms with Crippen LogP contribution in [0.1, 0.15) is 17.3 Å². The molecule has 2 N–H and O–H groups in total. The highest BCUT2D eigenvalue weighted by Crippen LogP contribution is 2.14. The van der Waals surface area contributed by atoms with Gasteiger partial charge in [0.25, 0.3) is 5.91 Å². The van der Waals surface area contributed by atoms with Crippen LogP contribution in [0.5, 0.6) is 0 Å². The summed E-state index contributed by atoms with van der Waals surface area (Å²) in [6.45, 7) is 2.03. The molecule has 7 nitrogen and oxygen atoms in total. The predicted molar refractivity (Wildman–Crippen MR) is 78.5 cm³/mol. The average Bonchev–Trinajstić information content (AvgIpc) is 2.86. The Labute approximate surface area is 123 Å². The first-order valence-electron chi connectivity index (χ1n) is 6.32. The molecular formula is C13H16N4O3S. The van der Waals surface area contributed by atoms with Crippen molar-refractivity contribution < 1.29 is 13.2 Å². The summed E-state index contributed by atoms with van der Waals surface area (Å²) in [5.41, 5.74) is 0.946. The second kappa shape index (κ2) is 6.06. The van der Waals surface area contributed by atoms with Gasteiger partial charge in [0.1, 0.15) is 0 Å². The summed E-state index contributed by atoms with van der Waals surface area (Å²) < 4.78 is 27.5. The normalized spacial score (nSPS) is 11.3. The molecule has 2 rings (SSSR count). The van der Waals surface area contributed by atoms with E-state index in [1.54, 1.807) is 32.3 Å². The maximum Gasteiger partial charge on any atom is 0.258 e. The number of hydrogen-bond acceptors (Lipinski definition) is 4. The topological polar surface area (TPSA) is 93.1 Å². The van der Waals surface area contributed by atoms with Crippen molar-refractivity contribution in [2.45, 2.75) is 11.8 Å². The molecule has 0 aliphatic rings. The van der Waals surface area contributed by atoms with Crippen LogP contribution in [0.3, 0.4) is 0 Å². The molecule has 0 atom stereocenters. The Morgan fingerprint density at radius 1 is 1.29 bits per heavy atom. The molecule has 1 aromatic carbocycles. The van der Waals surface area contributed by atoms with Crippen LogP contribution in [0.2, 0.25) is 0 Å². The minimum Gasteiger partial charge on any atom is -0.322 e. The highest BCUT2D eigenvalue weighted by atomic mass is 32.2. The first-order chi connectivity index (χ1) is 9.92. The van der Waals surface area contributed by atoms with E-state index in [1.165, 1.54) is 23.0 Å². The third-order valence-electron chi connectivity index (χ3n) is 2.72. The molecule has 0 spiro atoms. The van der Waals surface area contributed by atoms with Crippen LogP contribution in [0.15, 0.2) is 41.6 Å². The van der Waals surface area contributed by atoms with E-state index in [0.29, 0.717) is 17.8 Å². The molecule has 0 aliphatic heterocycles. The SMILES string of the molecule is CCNS(=O)(=O)c1ccc(NC(=O)c2cnn(C)c2)cc1. The Bertz CT molecular complexity index is 735. The number of carbonyl (C=O) groups excluding carboxylic acids is 1.